The Kier molecular flexibility index (Phi) is 6.60. The highest BCUT2D eigenvalue weighted by Gasteiger charge is 2.21. The first kappa shape index (κ1) is 22.1. The summed E-state index contributed by atoms with van der Waals surface area (Å²) in [4.78, 5) is 8.09. The number of rotatable bonds is 7. The summed E-state index contributed by atoms with van der Waals surface area (Å²) in [5.41, 5.74) is 1.83. The van der Waals surface area contributed by atoms with Gasteiger partial charge >= 0.3 is 0 Å². The van der Waals surface area contributed by atoms with E-state index in [4.69, 9.17) is 27.9 Å². The van der Waals surface area contributed by atoms with Crippen LogP contribution >= 0.6 is 23.2 Å². The Labute approximate surface area is 195 Å². The number of sulfonamides is 1. The van der Waals surface area contributed by atoms with Gasteiger partial charge in [-0.3, -0.25) is 4.72 Å². The Morgan fingerprint density at radius 3 is 2.25 bits per heavy atom. The van der Waals surface area contributed by atoms with Crippen molar-refractivity contribution < 1.29 is 13.2 Å². The zero-order valence-electron chi connectivity index (χ0n) is 16.6. The largest absolute Gasteiger partial charge is 0.489 e. The van der Waals surface area contributed by atoms with Gasteiger partial charge in [-0.05, 0) is 35.9 Å². The molecule has 0 atom stereocenters. The lowest BCUT2D eigenvalue weighted by molar-refractivity contribution is 0.306. The fourth-order valence-corrected chi connectivity index (χ4v) is 4.47. The van der Waals surface area contributed by atoms with E-state index in [9.17, 15) is 8.42 Å². The van der Waals surface area contributed by atoms with Gasteiger partial charge in [0.2, 0.25) is 0 Å². The molecule has 9 heteroatoms. The predicted molar refractivity (Wildman–Crippen MR) is 126 cm³/mol. The molecule has 0 spiro atoms. The third-order valence-corrected chi connectivity index (χ3v) is 6.53. The average molecular weight is 486 g/mol. The lowest BCUT2D eigenvalue weighted by Gasteiger charge is -2.14. The van der Waals surface area contributed by atoms with Crippen LogP contribution in [0.5, 0.6) is 5.75 Å². The highest BCUT2D eigenvalue weighted by atomic mass is 35.5. The van der Waals surface area contributed by atoms with Crippen molar-refractivity contribution >= 4 is 39.0 Å². The number of aromatic nitrogens is 2. The number of halogens is 2. The Balaban J connectivity index is 1.56. The lowest BCUT2D eigenvalue weighted by atomic mass is 10.1. The van der Waals surface area contributed by atoms with Crippen LogP contribution in [0.2, 0.25) is 10.2 Å². The predicted octanol–water partition coefficient (Wildman–Crippen LogP) is 5.83. The summed E-state index contributed by atoms with van der Waals surface area (Å²) in [7, 11) is -3.95. The maximum atomic E-state index is 13.0. The molecule has 1 aromatic heterocycles. The van der Waals surface area contributed by atoms with Gasteiger partial charge in [0.15, 0.2) is 5.82 Å². The van der Waals surface area contributed by atoms with Crippen molar-refractivity contribution in [1.29, 1.82) is 0 Å². The Hall–Kier alpha value is -3.13. The van der Waals surface area contributed by atoms with Crippen molar-refractivity contribution in [3.63, 3.8) is 0 Å². The molecule has 4 rings (SSSR count). The molecule has 0 unspecified atom stereocenters. The number of nitrogens with zero attached hydrogens (tertiary/aromatic N) is 2. The molecular weight excluding hydrogens is 469 g/mol. The summed E-state index contributed by atoms with van der Waals surface area (Å²) in [6, 6.07) is 22.7. The fraction of sp³-hybridized carbons (Fsp3) is 0.0435. The molecule has 3 aromatic carbocycles. The van der Waals surface area contributed by atoms with Gasteiger partial charge < -0.3 is 4.74 Å². The molecule has 0 bridgehead atoms. The van der Waals surface area contributed by atoms with E-state index in [1.165, 1.54) is 18.5 Å². The zero-order valence-corrected chi connectivity index (χ0v) is 18.9. The van der Waals surface area contributed by atoms with Crippen LogP contribution in [0.3, 0.4) is 0 Å². The topological polar surface area (TPSA) is 81.2 Å². The molecule has 4 aromatic rings. The molecule has 0 saturated carbocycles. The molecule has 1 heterocycles. The first-order valence-electron chi connectivity index (χ1n) is 9.49. The maximum Gasteiger partial charge on any atom is 0.263 e. The van der Waals surface area contributed by atoms with Crippen LogP contribution in [0, 0.1) is 0 Å². The van der Waals surface area contributed by atoms with Crippen LogP contribution < -0.4 is 9.46 Å². The molecular formula is C23H17Cl2N3O3S. The summed E-state index contributed by atoms with van der Waals surface area (Å²) < 4.78 is 34.2. The SMILES string of the molecule is O=S(=O)(Nc1ncnc(Cl)c1-c1ccccc1Cl)c1ccc(OCc2ccccc2)cc1. The third-order valence-electron chi connectivity index (χ3n) is 4.56. The third kappa shape index (κ3) is 5.02. The van der Waals surface area contributed by atoms with Gasteiger partial charge in [-0.1, -0.05) is 71.7 Å². The molecule has 0 amide bonds. The van der Waals surface area contributed by atoms with E-state index in [2.05, 4.69) is 14.7 Å². The van der Waals surface area contributed by atoms with Crippen LogP contribution in [0.4, 0.5) is 5.82 Å². The number of hydrogen-bond acceptors (Lipinski definition) is 5. The maximum absolute atomic E-state index is 13.0. The zero-order chi connectivity index (χ0) is 22.6. The Morgan fingerprint density at radius 1 is 0.844 bits per heavy atom. The van der Waals surface area contributed by atoms with Crippen LogP contribution in [0.15, 0.2) is 90.1 Å². The van der Waals surface area contributed by atoms with E-state index >= 15 is 0 Å². The van der Waals surface area contributed by atoms with E-state index in [1.54, 1.807) is 36.4 Å². The molecule has 0 aliphatic heterocycles. The molecule has 162 valence electrons. The van der Waals surface area contributed by atoms with Crippen LogP contribution in [0.25, 0.3) is 11.1 Å². The number of anilines is 1. The quantitative estimate of drug-likeness (QED) is 0.333. The van der Waals surface area contributed by atoms with Crippen molar-refractivity contribution in [2.45, 2.75) is 11.5 Å². The summed E-state index contributed by atoms with van der Waals surface area (Å²) in [5.74, 6) is 0.581. The van der Waals surface area contributed by atoms with Gasteiger partial charge in [-0.2, -0.15) is 0 Å². The van der Waals surface area contributed by atoms with Gasteiger partial charge in [-0.15, -0.1) is 0 Å². The summed E-state index contributed by atoms with van der Waals surface area (Å²) in [6.07, 6.45) is 1.18. The van der Waals surface area contributed by atoms with Gasteiger partial charge in [-0.25, -0.2) is 18.4 Å². The highest BCUT2D eigenvalue weighted by Crippen LogP contribution is 2.37. The molecule has 32 heavy (non-hydrogen) atoms. The van der Waals surface area contributed by atoms with E-state index < -0.39 is 10.0 Å². The second-order valence-corrected chi connectivity index (χ2v) is 9.17. The number of ether oxygens (including phenoxy) is 1. The van der Waals surface area contributed by atoms with Crippen LogP contribution in [-0.4, -0.2) is 18.4 Å². The average Bonchev–Trinajstić information content (AvgIpc) is 2.79. The highest BCUT2D eigenvalue weighted by molar-refractivity contribution is 7.92. The second-order valence-electron chi connectivity index (χ2n) is 6.72. The van der Waals surface area contributed by atoms with E-state index in [1.807, 2.05) is 30.3 Å². The van der Waals surface area contributed by atoms with E-state index in [0.29, 0.717) is 28.5 Å². The molecule has 0 radical (unpaired) electrons. The molecule has 0 saturated heterocycles. The standard InChI is InChI=1S/C23H17Cl2N3O3S/c24-20-9-5-4-8-19(20)21-22(25)26-15-27-23(21)28-32(29,30)18-12-10-17(11-13-18)31-14-16-6-2-1-3-7-16/h1-13,15H,14H2,(H,26,27,28). The summed E-state index contributed by atoms with van der Waals surface area (Å²) in [5, 5.41) is 0.472. The number of benzene rings is 3. The summed E-state index contributed by atoms with van der Waals surface area (Å²) in [6.45, 7) is 0.381. The van der Waals surface area contributed by atoms with Crippen molar-refractivity contribution in [1.82, 2.24) is 9.97 Å². The van der Waals surface area contributed by atoms with Gasteiger partial charge in [0, 0.05) is 10.6 Å². The molecule has 0 aliphatic carbocycles. The van der Waals surface area contributed by atoms with Crippen LogP contribution in [-0.2, 0) is 16.6 Å². The minimum atomic E-state index is -3.95. The van der Waals surface area contributed by atoms with Crippen molar-refractivity contribution in [2.24, 2.45) is 0 Å². The van der Waals surface area contributed by atoms with Gasteiger partial charge in [0.1, 0.15) is 23.8 Å². The second kappa shape index (κ2) is 9.56. The normalized spacial score (nSPS) is 11.2. The molecule has 6 nitrogen and oxygen atoms in total. The van der Waals surface area contributed by atoms with Gasteiger partial charge in [0.25, 0.3) is 10.0 Å². The minimum Gasteiger partial charge on any atom is -0.489 e. The smallest absolute Gasteiger partial charge is 0.263 e. The van der Waals surface area contributed by atoms with E-state index in [-0.39, 0.29) is 15.9 Å². The van der Waals surface area contributed by atoms with Crippen molar-refractivity contribution in [3.8, 4) is 16.9 Å². The molecule has 0 fully saturated rings. The van der Waals surface area contributed by atoms with Gasteiger partial charge in [0.05, 0.1) is 10.5 Å². The van der Waals surface area contributed by atoms with E-state index in [0.717, 1.165) is 5.56 Å². The Bertz CT molecular complexity index is 1330. The fourth-order valence-electron chi connectivity index (χ4n) is 2.99. The summed E-state index contributed by atoms with van der Waals surface area (Å²) >= 11 is 12.5. The monoisotopic (exact) mass is 485 g/mol. The first-order valence-corrected chi connectivity index (χ1v) is 11.7. The minimum absolute atomic E-state index is 0.0301. The first-order chi connectivity index (χ1) is 15.4. The van der Waals surface area contributed by atoms with Crippen LogP contribution in [0.1, 0.15) is 5.56 Å². The molecule has 0 aliphatic rings. The number of nitrogens with one attached hydrogen (secondary N) is 1. The van der Waals surface area contributed by atoms with Crippen molar-refractivity contribution in [3.05, 3.63) is 101 Å². The number of hydrogen-bond donors (Lipinski definition) is 1. The lowest BCUT2D eigenvalue weighted by Crippen LogP contribution is -2.15. The molecule has 1 N–H and O–H groups in total. The Morgan fingerprint density at radius 2 is 1.53 bits per heavy atom. The van der Waals surface area contributed by atoms with Crippen molar-refractivity contribution in [2.75, 3.05) is 4.72 Å².